The number of ether oxygens (including phenoxy) is 1. The highest BCUT2D eigenvalue weighted by molar-refractivity contribution is 7.99. The number of methoxy groups -OCH3 is 1. The molecule has 0 aromatic carbocycles. The second kappa shape index (κ2) is 6.41. The van der Waals surface area contributed by atoms with Crippen molar-refractivity contribution in [3.8, 4) is 6.07 Å². The summed E-state index contributed by atoms with van der Waals surface area (Å²) >= 11 is 1.60. The van der Waals surface area contributed by atoms with Gasteiger partial charge in [0.2, 0.25) is 0 Å². The highest BCUT2D eigenvalue weighted by Crippen LogP contribution is 2.19. The first-order valence-electron chi connectivity index (χ1n) is 4.35. The average Bonchev–Trinajstić information content (AvgIpc) is 2.25. The third-order valence-corrected chi connectivity index (χ3v) is 2.71. The van der Waals surface area contributed by atoms with Gasteiger partial charge in [0.15, 0.2) is 0 Å². The van der Waals surface area contributed by atoms with Crippen LogP contribution in [0.25, 0.3) is 0 Å². The van der Waals surface area contributed by atoms with Gasteiger partial charge in [0.05, 0.1) is 5.56 Å². The van der Waals surface area contributed by atoms with Gasteiger partial charge in [-0.2, -0.15) is 5.26 Å². The predicted molar refractivity (Wildman–Crippen MR) is 56.2 cm³/mol. The predicted octanol–water partition coefficient (Wildman–Crippen LogP) is 2.08. The van der Waals surface area contributed by atoms with E-state index in [1.807, 2.05) is 0 Å². The van der Waals surface area contributed by atoms with E-state index in [0.29, 0.717) is 5.56 Å². The SMILES string of the molecule is COCCCSc1ncccc1C#N. The highest BCUT2D eigenvalue weighted by Gasteiger charge is 2.01. The molecule has 1 aromatic heterocycles. The zero-order valence-corrected chi connectivity index (χ0v) is 8.88. The van der Waals surface area contributed by atoms with E-state index in [4.69, 9.17) is 10.00 Å². The lowest BCUT2D eigenvalue weighted by atomic mass is 10.3. The Morgan fingerprint density at radius 2 is 2.50 bits per heavy atom. The van der Waals surface area contributed by atoms with Crippen molar-refractivity contribution >= 4 is 11.8 Å². The van der Waals surface area contributed by atoms with Crippen molar-refractivity contribution in [3.63, 3.8) is 0 Å². The third-order valence-electron chi connectivity index (χ3n) is 1.62. The van der Waals surface area contributed by atoms with Crippen LogP contribution in [0.1, 0.15) is 12.0 Å². The molecule has 0 bridgehead atoms. The molecule has 0 radical (unpaired) electrons. The van der Waals surface area contributed by atoms with Gasteiger partial charge < -0.3 is 4.74 Å². The van der Waals surface area contributed by atoms with Crippen LogP contribution in [0.15, 0.2) is 23.4 Å². The summed E-state index contributed by atoms with van der Waals surface area (Å²) in [7, 11) is 1.69. The molecule has 1 aromatic rings. The molecule has 3 nitrogen and oxygen atoms in total. The quantitative estimate of drug-likeness (QED) is 0.549. The van der Waals surface area contributed by atoms with Crippen molar-refractivity contribution < 1.29 is 4.74 Å². The number of thioether (sulfide) groups is 1. The fourth-order valence-electron chi connectivity index (χ4n) is 0.963. The fraction of sp³-hybridized carbons (Fsp3) is 0.400. The van der Waals surface area contributed by atoms with Gasteiger partial charge in [0, 0.05) is 25.7 Å². The smallest absolute Gasteiger partial charge is 0.114 e. The first-order valence-corrected chi connectivity index (χ1v) is 5.34. The van der Waals surface area contributed by atoms with Crippen molar-refractivity contribution in [2.45, 2.75) is 11.4 Å². The average molecular weight is 208 g/mol. The van der Waals surface area contributed by atoms with Gasteiger partial charge in [-0.05, 0) is 18.6 Å². The molecule has 0 N–H and O–H groups in total. The highest BCUT2D eigenvalue weighted by atomic mass is 32.2. The monoisotopic (exact) mass is 208 g/mol. The van der Waals surface area contributed by atoms with E-state index < -0.39 is 0 Å². The Labute approximate surface area is 88.1 Å². The molecular formula is C10H12N2OS. The van der Waals surface area contributed by atoms with E-state index in [9.17, 15) is 0 Å². The second-order valence-corrected chi connectivity index (χ2v) is 3.75. The Kier molecular flexibility index (Phi) is 5.05. The number of hydrogen-bond donors (Lipinski definition) is 0. The molecule has 0 aliphatic heterocycles. The number of rotatable bonds is 5. The van der Waals surface area contributed by atoms with E-state index in [0.717, 1.165) is 23.8 Å². The molecule has 0 atom stereocenters. The molecule has 0 spiro atoms. The lowest BCUT2D eigenvalue weighted by molar-refractivity contribution is 0.200. The van der Waals surface area contributed by atoms with Crippen LogP contribution in [0.3, 0.4) is 0 Å². The molecule has 1 rings (SSSR count). The molecule has 0 amide bonds. The molecule has 0 aliphatic carbocycles. The summed E-state index contributed by atoms with van der Waals surface area (Å²) in [6.45, 7) is 0.752. The zero-order valence-electron chi connectivity index (χ0n) is 8.06. The maximum absolute atomic E-state index is 8.79. The summed E-state index contributed by atoms with van der Waals surface area (Å²) in [6, 6.07) is 5.68. The molecule has 0 saturated carbocycles. The molecule has 1 heterocycles. The summed E-state index contributed by atoms with van der Waals surface area (Å²) < 4.78 is 4.94. The van der Waals surface area contributed by atoms with Crippen LogP contribution in [0.2, 0.25) is 0 Å². The maximum Gasteiger partial charge on any atom is 0.114 e. The zero-order chi connectivity index (χ0) is 10.2. The largest absolute Gasteiger partial charge is 0.385 e. The van der Waals surface area contributed by atoms with E-state index >= 15 is 0 Å². The summed E-state index contributed by atoms with van der Waals surface area (Å²) in [5.74, 6) is 0.930. The Balaban J connectivity index is 2.46. The Morgan fingerprint density at radius 3 is 3.21 bits per heavy atom. The fourth-order valence-corrected chi connectivity index (χ4v) is 1.82. The normalized spacial score (nSPS) is 9.71. The Bertz CT molecular complexity index is 322. The van der Waals surface area contributed by atoms with Gasteiger partial charge in [-0.1, -0.05) is 0 Å². The van der Waals surface area contributed by atoms with Crippen LogP contribution in [0.5, 0.6) is 0 Å². The third kappa shape index (κ3) is 3.36. The van der Waals surface area contributed by atoms with Crippen LogP contribution in [-0.2, 0) is 4.74 Å². The van der Waals surface area contributed by atoms with Crippen molar-refractivity contribution in [2.75, 3.05) is 19.5 Å². The van der Waals surface area contributed by atoms with E-state index in [1.54, 1.807) is 37.2 Å². The second-order valence-electron chi connectivity index (χ2n) is 2.66. The first-order chi connectivity index (χ1) is 6.88. The molecule has 0 fully saturated rings. The van der Waals surface area contributed by atoms with Crippen LogP contribution < -0.4 is 0 Å². The number of pyridine rings is 1. The van der Waals surface area contributed by atoms with Crippen molar-refractivity contribution in [2.24, 2.45) is 0 Å². The number of hydrogen-bond acceptors (Lipinski definition) is 4. The lowest BCUT2D eigenvalue weighted by Crippen LogP contribution is -1.92. The molecule has 0 unspecified atom stereocenters. The maximum atomic E-state index is 8.79. The van der Waals surface area contributed by atoms with E-state index in [1.165, 1.54) is 0 Å². The summed E-state index contributed by atoms with van der Waals surface area (Å²) in [6.07, 6.45) is 2.68. The van der Waals surface area contributed by atoms with Crippen molar-refractivity contribution in [1.29, 1.82) is 5.26 Å². The lowest BCUT2D eigenvalue weighted by Gasteiger charge is -2.01. The van der Waals surface area contributed by atoms with Crippen molar-refractivity contribution in [3.05, 3.63) is 23.9 Å². The van der Waals surface area contributed by atoms with E-state index in [-0.39, 0.29) is 0 Å². The Morgan fingerprint density at radius 1 is 1.64 bits per heavy atom. The van der Waals surface area contributed by atoms with Gasteiger partial charge in [-0.15, -0.1) is 11.8 Å². The van der Waals surface area contributed by atoms with Gasteiger partial charge in [-0.3, -0.25) is 0 Å². The molecular weight excluding hydrogens is 196 g/mol. The van der Waals surface area contributed by atoms with Crippen LogP contribution in [0.4, 0.5) is 0 Å². The Hall–Kier alpha value is -1.05. The van der Waals surface area contributed by atoms with Crippen LogP contribution in [-0.4, -0.2) is 24.5 Å². The minimum atomic E-state index is 0.648. The molecule has 14 heavy (non-hydrogen) atoms. The minimum absolute atomic E-state index is 0.648. The van der Waals surface area contributed by atoms with Gasteiger partial charge in [-0.25, -0.2) is 4.98 Å². The van der Waals surface area contributed by atoms with Crippen LogP contribution >= 0.6 is 11.8 Å². The molecule has 4 heteroatoms. The van der Waals surface area contributed by atoms with Gasteiger partial charge in [0.25, 0.3) is 0 Å². The summed E-state index contributed by atoms with van der Waals surface area (Å²) in [4.78, 5) is 4.15. The van der Waals surface area contributed by atoms with Gasteiger partial charge in [0.1, 0.15) is 11.1 Å². The minimum Gasteiger partial charge on any atom is -0.385 e. The summed E-state index contributed by atoms with van der Waals surface area (Å²) in [5.41, 5.74) is 0.648. The first kappa shape index (κ1) is 11.0. The standard InChI is InChI=1S/C10H12N2OS/c1-13-6-3-7-14-10-9(8-11)4-2-5-12-10/h2,4-5H,3,6-7H2,1H3. The number of aromatic nitrogens is 1. The number of nitriles is 1. The van der Waals surface area contributed by atoms with Gasteiger partial charge >= 0.3 is 0 Å². The molecule has 0 saturated heterocycles. The topological polar surface area (TPSA) is 45.9 Å². The molecule has 0 aliphatic rings. The van der Waals surface area contributed by atoms with Crippen molar-refractivity contribution in [1.82, 2.24) is 4.98 Å². The summed E-state index contributed by atoms with van der Waals surface area (Å²) in [5, 5.41) is 9.60. The van der Waals surface area contributed by atoms with E-state index in [2.05, 4.69) is 11.1 Å². The number of nitrogens with zero attached hydrogens (tertiary/aromatic N) is 2. The van der Waals surface area contributed by atoms with Crippen LogP contribution in [0, 0.1) is 11.3 Å². The molecule has 74 valence electrons.